The highest BCUT2D eigenvalue weighted by atomic mass is 127. The zero-order valence-electron chi connectivity index (χ0n) is 10.4. The van der Waals surface area contributed by atoms with E-state index in [0.717, 1.165) is 0 Å². The number of rotatable bonds is 4. The van der Waals surface area contributed by atoms with E-state index in [0.29, 0.717) is 18.8 Å². The van der Waals surface area contributed by atoms with Gasteiger partial charge in [0.25, 0.3) is 0 Å². The number of carboxylic acid groups (broad SMARTS) is 1. The summed E-state index contributed by atoms with van der Waals surface area (Å²) in [6.45, 7) is 10.2. The van der Waals surface area contributed by atoms with Gasteiger partial charge in [-0.3, -0.25) is 0 Å². The first-order valence-electron chi connectivity index (χ1n) is 5.15. The Bertz CT molecular complexity index is 211. The van der Waals surface area contributed by atoms with Crippen LogP contribution in [0, 0.1) is 11.3 Å². The van der Waals surface area contributed by atoms with E-state index in [9.17, 15) is 9.90 Å². The van der Waals surface area contributed by atoms with Gasteiger partial charge in [-0.25, -0.2) is 4.79 Å². The number of aliphatic carboxylic acids is 1. The molecule has 0 amide bonds. The van der Waals surface area contributed by atoms with Gasteiger partial charge in [-0.15, -0.1) is 0 Å². The van der Waals surface area contributed by atoms with Crippen LogP contribution in [-0.4, -0.2) is 16.6 Å². The molecule has 92 valence electrons. The van der Waals surface area contributed by atoms with Crippen LogP contribution in [-0.2, 0) is 4.79 Å². The molecule has 0 saturated carbocycles. The van der Waals surface area contributed by atoms with Crippen LogP contribution in [0.15, 0.2) is 0 Å². The summed E-state index contributed by atoms with van der Waals surface area (Å²) < 4.78 is 0. The van der Waals surface area contributed by atoms with E-state index in [1.807, 2.05) is 13.8 Å². The maximum atomic E-state index is 11.2. The van der Waals surface area contributed by atoms with Crippen molar-refractivity contribution >= 4 is 5.97 Å². The summed E-state index contributed by atoms with van der Waals surface area (Å²) >= 11 is 0. The van der Waals surface area contributed by atoms with Crippen LogP contribution in [0.25, 0.3) is 0 Å². The van der Waals surface area contributed by atoms with Crippen molar-refractivity contribution in [2.24, 2.45) is 11.3 Å². The average molecular weight is 329 g/mol. The molecule has 1 unspecified atom stereocenters. The zero-order chi connectivity index (χ0) is 11.6. The Balaban J connectivity index is 0. The fourth-order valence-corrected chi connectivity index (χ4v) is 2.03. The van der Waals surface area contributed by atoms with E-state index >= 15 is 0 Å². The molecule has 0 spiro atoms. The molecule has 0 aliphatic rings. The number of hydrogen-bond acceptors (Lipinski definition) is 1. The van der Waals surface area contributed by atoms with Crippen LogP contribution in [0.1, 0.15) is 47.5 Å². The minimum absolute atomic E-state index is 0. The highest BCUT2D eigenvalue weighted by molar-refractivity contribution is 5.76. The number of carbonyl (C=O) groups is 1. The van der Waals surface area contributed by atoms with Gasteiger partial charge in [0.15, 0.2) is 5.54 Å². The fourth-order valence-electron chi connectivity index (χ4n) is 2.03. The van der Waals surface area contributed by atoms with E-state index in [2.05, 4.69) is 26.5 Å². The van der Waals surface area contributed by atoms with Crippen LogP contribution >= 0.6 is 0 Å². The number of halogens is 1. The van der Waals surface area contributed by atoms with Gasteiger partial charge < -0.3 is 34.8 Å². The van der Waals surface area contributed by atoms with Crippen LogP contribution in [0.5, 0.6) is 0 Å². The van der Waals surface area contributed by atoms with Gasteiger partial charge in [-0.1, -0.05) is 34.6 Å². The lowest BCUT2D eigenvalue weighted by Gasteiger charge is -2.30. The second kappa shape index (κ2) is 6.03. The van der Waals surface area contributed by atoms with Gasteiger partial charge in [0.2, 0.25) is 0 Å². The first-order valence-corrected chi connectivity index (χ1v) is 5.15. The lowest BCUT2D eigenvalue weighted by molar-refractivity contribution is -0.471. The average Bonchev–Trinajstić information content (AvgIpc) is 1.79. The summed E-state index contributed by atoms with van der Waals surface area (Å²) in [6.07, 6.45) is 1.26. The Morgan fingerprint density at radius 3 is 1.93 bits per heavy atom. The minimum Gasteiger partial charge on any atom is -1.00 e. The maximum Gasteiger partial charge on any atom is 0.365 e. The third-order valence-electron chi connectivity index (χ3n) is 2.12. The molecule has 0 aromatic heterocycles. The molecule has 3 nitrogen and oxygen atoms in total. The molecule has 0 fully saturated rings. The Kier molecular flexibility index (Phi) is 7.06. The SMILES string of the molecule is CC(C)CC([NH3+])(CC(C)(C)C)C(=O)O.[I-]. The predicted octanol–water partition coefficient (Wildman–Crippen LogP) is -1.46. The molecule has 0 saturated heterocycles. The van der Waals surface area contributed by atoms with Crippen molar-refractivity contribution < 1.29 is 39.6 Å². The second-order valence-corrected chi connectivity index (χ2v) is 5.92. The monoisotopic (exact) mass is 329 g/mol. The molecule has 15 heavy (non-hydrogen) atoms. The summed E-state index contributed by atoms with van der Waals surface area (Å²) in [5.74, 6) is -0.410. The molecular formula is C11H24INO2. The number of quaternary nitrogens is 1. The Labute approximate surface area is 110 Å². The van der Waals surface area contributed by atoms with Gasteiger partial charge in [-0.05, 0) is 11.3 Å². The third kappa shape index (κ3) is 7.11. The van der Waals surface area contributed by atoms with Gasteiger partial charge in [0.1, 0.15) is 0 Å². The maximum absolute atomic E-state index is 11.2. The van der Waals surface area contributed by atoms with Crippen LogP contribution in [0.3, 0.4) is 0 Å². The van der Waals surface area contributed by atoms with Gasteiger partial charge >= 0.3 is 5.97 Å². The molecule has 4 heteroatoms. The van der Waals surface area contributed by atoms with Crippen LogP contribution < -0.4 is 29.7 Å². The van der Waals surface area contributed by atoms with Crippen molar-refractivity contribution in [1.29, 1.82) is 0 Å². The highest BCUT2D eigenvalue weighted by Crippen LogP contribution is 2.28. The molecule has 0 heterocycles. The lowest BCUT2D eigenvalue weighted by Crippen LogP contribution is -3.00. The summed E-state index contributed by atoms with van der Waals surface area (Å²) in [5.41, 5.74) is 3.08. The molecule has 0 aliphatic heterocycles. The third-order valence-corrected chi connectivity index (χ3v) is 2.12. The first kappa shape index (κ1) is 17.6. The van der Waals surface area contributed by atoms with E-state index in [-0.39, 0.29) is 29.4 Å². The van der Waals surface area contributed by atoms with Crippen LogP contribution in [0.2, 0.25) is 0 Å². The van der Waals surface area contributed by atoms with Crippen LogP contribution in [0.4, 0.5) is 0 Å². The van der Waals surface area contributed by atoms with Crippen molar-refractivity contribution in [1.82, 2.24) is 0 Å². The molecule has 0 rings (SSSR count). The molecular weight excluding hydrogens is 305 g/mol. The standard InChI is InChI=1S/C11H23NO2.HI/c1-8(2)6-11(12,9(13)14)7-10(3,4)5;/h8H,6-7,12H2,1-5H3,(H,13,14);1H. The topological polar surface area (TPSA) is 64.9 Å². The van der Waals surface area contributed by atoms with Gasteiger partial charge in [-0.2, -0.15) is 0 Å². The first-order chi connectivity index (χ1) is 6.07. The number of hydrogen-bond donors (Lipinski definition) is 2. The molecule has 0 aliphatic carbocycles. The second-order valence-electron chi connectivity index (χ2n) is 5.92. The van der Waals surface area contributed by atoms with E-state index in [1.165, 1.54) is 0 Å². The fraction of sp³-hybridized carbons (Fsp3) is 0.909. The predicted molar refractivity (Wildman–Crippen MR) is 56.8 cm³/mol. The number of carboxylic acids is 1. The highest BCUT2D eigenvalue weighted by Gasteiger charge is 2.42. The van der Waals surface area contributed by atoms with Crippen molar-refractivity contribution in [2.45, 2.75) is 53.0 Å². The Morgan fingerprint density at radius 1 is 1.33 bits per heavy atom. The summed E-state index contributed by atoms with van der Waals surface area (Å²) in [6, 6.07) is 0. The summed E-state index contributed by atoms with van der Waals surface area (Å²) in [5, 5.41) is 9.18. The van der Waals surface area contributed by atoms with Gasteiger partial charge in [0, 0.05) is 12.8 Å². The molecule has 0 aromatic rings. The molecule has 0 bridgehead atoms. The van der Waals surface area contributed by atoms with Gasteiger partial charge in [0.05, 0.1) is 0 Å². The summed E-state index contributed by atoms with van der Waals surface area (Å²) in [7, 11) is 0. The largest absolute Gasteiger partial charge is 1.00 e. The van der Waals surface area contributed by atoms with E-state index < -0.39 is 11.5 Å². The van der Waals surface area contributed by atoms with E-state index in [4.69, 9.17) is 0 Å². The quantitative estimate of drug-likeness (QED) is 0.619. The van der Waals surface area contributed by atoms with Crippen molar-refractivity contribution in [2.75, 3.05) is 0 Å². The molecule has 0 radical (unpaired) electrons. The molecule has 4 N–H and O–H groups in total. The Morgan fingerprint density at radius 2 is 1.73 bits per heavy atom. The zero-order valence-corrected chi connectivity index (χ0v) is 12.6. The van der Waals surface area contributed by atoms with Crippen molar-refractivity contribution in [3.63, 3.8) is 0 Å². The minimum atomic E-state index is -0.827. The molecule has 0 aromatic carbocycles. The molecule has 1 atom stereocenters. The van der Waals surface area contributed by atoms with E-state index in [1.54, 1.807) is 0 Å². The van der Waals surface area contributed by atoms with Crippen molar-refractivity contribution in [3.05, 3.63) is 0 Å². The van der Waals surface area contributed by atoms with Crippen molar-refractivity contribution in [3.8, 4) is 0 Å². The normalized spacial score (nSPS) is 15.7. The Hall–Kier alpha value is 0.160. The smallest absolute Gasteiger partial charge is 0.365 e. The lowest BCUT2D eigenvalue weighted by atomic mass is 9.76. The summed E-state index contributed by atoms with van der Waals surface area (Å²) in [4.78, 5) is 11.2.